The molecule has 1 amide bonds. The van der Waals surface area contributed by atoms with Crippen molar-refractivity contribution in [2.45, 2.75) is 11.8 Å². The van der Waals surface area contributed by atoms with E-state index in [-0.39, 0.29) is 23.4 Å². The fraction of sp³-hybridized carbons (Fsp3) is 0.273. The summed E-state index contributed by atoms with van der Waals surface area (Å²) in [5, 5.41) is 0. The number of ether oxygens (including phenoxy) is 1. The molecule has 0 saturated heterocycles. The third-order valence-electron chi connectivity index (χ3n) is 2.31. The van der Waals surface area contributed by atoms with Crippen LogP contribution in [0.3, 0.4) is 0 Å². The summed E-state index contributed by atoms with van der Waals surface area (Å²) in [6.07, 6.45) is 0.212. The van der Waals surface area contributed by atoms with E-state index < -0.39 is 16.0 Å². The third kappa shape index (κ3) is 2.51. The Morgan fingerprint density at radius 1 is 1.39 bits per heavy atom. The van der Waals surface area contributed by atoms with Gasteiger partial charge >= 0.3 is 5.97 Å². The number of carbonyl (C=O) groups is 2. The molecule has 98 valence electrons. The van der Waals surface area contributed by atoms with Crippen molar-refractivity contribution in [1.29, 1.82) is 0 Å². The molecule has 1 aromatic carbocycles. The lowest BCUT2D eigenvalue weighted by atomic mass is 10.2. The van der Waals surface area contributed by atoms with Crippen LogP contribution >= 0.6 is 0 Å². The Morgan fingerprint density at radius 2 is 2.00 bits per heavy atom. The van der Waals surface area contributed by atoms with E-state index in [4.69, 9.17) is 0 Å². The fourth-order valence-electron chi connectivity index (χ4n) is 1.40. The molecule has 0 aromatic heterocycles. The molecule has 0 fully saturated rings. The third-order valence-corrected chi connectivity index (χ3v) is 4.18. The van der Waals surface area contributed by atoms with Crippen LogP contribution in [0.25, 0.3) is 0 Å². The number of sulfonamides is 1. The lowest BCUT2D eigenvalue weighted by Gasteiger charge is -2.16. The second-order valence-electron chi connectivity index (χ2n) is 3.30. The standard InChI is InChI=1S/C11H13NO5S/c1-3-12(8-13)18(15,16)10-7-5-4-6-9(10)11(14)17-2/h4-8H,3H2,1-2H3. The molecule has 0 aliphatic rings. The molecule has 0 unspecified atom stereocenters. The summed E-state index contributed by atoms with van der Waals surface area (Å²) < 4.78 is 29.4. The van der Waals surface area contributed by atoms with Gasteiger partial charge in [0.15, 0.2) is 0 Å². The normalized spacial score (nSPS) is 10.8. The zero-order chi connectivity index (χ0) is 13.8. The van der Waals surface area contributed by atoms with Crippen molar-refractivity contribution in [2.24, 2.45) is 0 Å². The maximum atomic E-state index is 12.1. The lowest BCUT2D eigenvalue weighted by Crippen LogP contribution is -2.30. The largest absolute Gasteiger partial charge is 0.465 e. The number of rotatable bonds is 5. The molecule has 18 heavy (non-hydrogen) atoms. The first-order chi connectivity index (χ1) is 8.48. The molecule has 1 aromatic rings. The zero-order valence-corrected chi connectivity index (χ0v) is 10.8. The van der Waals surface area contributed by atoms with Crippen LogP contribution < -0.4 is 0 Å². The molecule has 7 heteroatoms. The van der Waals surface area contributed by atoms with Crippen molar-refractivity contribution in [3.05, 3.63) is 29.8 Å². The minimum Gasteiger partial charge on any atom is -0.465 e. The zero-order valence-electron chi connectivity index (χ0n) is 9.99. The number of carbonyl (C=O) groups excluding carboxylic acids is 2. The average Bonchev–Trinajstić information content (AvgIpc) is 2.39. The number of benzene rings is 1. The topological polar surface area (TPSA) is 80.8 Å². The van der Waals surface area contributed by atoms with Crippen LogP contribution in [-0.4, -0.2) is 38.8 Å². The molecule has 1 rings (SSSR count). The minimum atomic E-state index is -4.02. The van der Waals surface area contributed by atoms with E-state index in [1.165, 1.54) is 31.2 Å². The molecular formula is C11H13NO5S. The summed E-state index contributed by atoms with van der Waals surface area (Å²) in [4.78, 5) is 22.0. The average molecular weight is 271 g/mol. The van der Waals surface area contributed by atoms with E-state index in [1.807, 2.05) is 0 Å². The van der Waals surface area contributed by atoms with Crippen molar-refractivity contribution in [3.63, 3.8) is 0 Å². The van der Waals surface area contributed by atoms with Crippen LogP contribution in [0.15, 0.2) is 29.2 Å². The van der Waals surface area contributed by atoms with Crippen molar-refractivity contribution >= 4 is 22.4 Å². The van der Waals surface area contributed by atoms with E-state index in [0.717, 1.165) is 7.11 Å². The van der Waals surface area contributed by atoms with Gasteiger partial charge in [0.2, 0.25) is 6.41 Å². The molecule has 0 N–H and O–H groups in total. The van der Waals surface area contributed by atoms with Crippen LogP contribution in [0.2, 0.25) is 0 Å². The Kier molecular flexibility index (Phi) is 4.43. The molecular weight excluding hydrogens is 258 g/mol. The summed E-state index contributed by atoms with van der Waals surface area (Å²) >= 11 is 0. The van der Waals surface area contributed by atoms with Gasteiger partial charge in [0.25, 0.3) is 10.0 Å². The first kappa shape index (κ1) is 14.2. The number of esters is 1. The molecule has 6 nitrogen and oxygen atoms in total. The monoisotopic (exact) mass is 271 g/mol. The molecule has 0 atom stereocenters. The number of methoxy groups -OCH3 is 1. The van der Waals surface area contributed by atoms with Gasteiger partial charge in [0, 0.05) is 6.54 Å². The van der Waals surface area contributed by atoms with Crippen LogP contribution in [0.5, 0.6) is 0 Å². The second-order valence-corrected chi connectivity index (χ2v) is 5.16. The fourth-order valence-corrected chi connectivity index (χ4v) is 2.78. The van der Waals surface area contributed by atoms with Crippen molar-refractivity contribution in [3.8, 4) is 0 Å². The van der Waals surface area contributed by atoms with Gasteiger partial charge < -0.3 is 4.74 Å². The predicted molar refractivity (Wildman–Crippen MR) is 63.4 cm³/mol. The van der Waals surface area contributed by atoms with E-state index in [9.17, 15) is 18.0 Å². The van der Waals surface area contributed by atoms with Gasteiger partial charge in [0.1, 0.15) is 4.90 Å². The summed E-state index contributed by atoms with van der Waals surface area (Å²) in [7, 11) is -2.87. The van der Waals surface area contributed by atoms with Crippen LogP contribution in [0.4, 0.5) is 0 Å². The highest BCUT2D eigenvalue weighted by molar-refractivity contribution is 7.89. The van der Waals surface area contributed by atoms with Gasteiger partial charge in [-0.15, -0.1) is 0 Å². The SMILES string of the molecule is CCN(C=O)S(=O)(=O)c1ccccc1C(=O)OC. The number of nitrogens with zero attached hydrogens (tertiary/aromatic N) is 1. The highest BCUT2D eigenvalue weighted by Gasteiger charge is 2.27. The molecule has 0 saturated carbocycles. The molecule has 0 aliphatic carbocycles. The quantitative estimate of drug-likeness (QED) is 0.580. The van der Waals surface area contributed by atoms with Gasteiger partial charge in [-0.1, -0.05) is 12.1 Å². The Hall–Kier alpha value is -1.89. The summed E-state index contributed by atoms with van der Waals surface area (Å²) in [6.45, 7) is 1.51. The summed E-state index contributed by atoms with van der Waals surface area (Å²) in [5.41, 5.74) is -0.0969. The minimum absolute atomic E-state index is 0.0126. The van der Waals surface area contributed by atoms with Gasteiger partial charge in [-0.05, 0) is 19.1 Å². The van der Waals surface area contributed by atoms with Crippen molar-refractivity contribution in [1.82, 2.24) is 4.31 Å². The van der Waals surface area contributed by atoms with E-state index in [0.29, 0.717) is 4.31 Å². The maximum absolute atomic E-state index is 12.1. The summed E-state index contributed by atoms with van der Waals surface area (Å²) in [6, 6.07) is 5.57. The van der Waals surface area contributed by atoms with E-state index in [2.05, 4.69) is 4.74 Å². The Balaban J connectivity index is 3.42. The lowest BCUT2D eigenvalue weighted by molar-refractivity contribution is -0.114. The maximum Gasteiger partial charge on any atom is 0.339 e. The van der Waals surface area contributed by atoms with Crippen molar-refractivity contribution in [2.75, 3.05) is 13.7 Å². The molecule has 0 aliphatic heterocycles. The van der Waals surface area contributed by atoms with Crippen LogP contribution in [0, 0.1) is 0 Å². The Bertz CT molecular complexity index is 552. The van der Waals surface area contributed by atoms with E-state index >= 15 is 0 Å². The molecule has 0 radical (unpaired) electrons. The van der Waals surface area contributed by atoms with Crippen LogP contribution in [-0.2, 0) is 19.6 Å². The number of amides is 1. The highest BCUT2D eigenvalue weighted by atomic mass is 32.2. The van der Waals surface area contributed by atoms with Crippen LogP contribution in [0.1, 0.15) is 17.3 Å². The predicted octanol–water partition coefficient (Wildman–Crippen LogP) is 0.640. The number of hydrogen-bond acceptors (Lipinski definition) is 5. The second kappa shape index (κ2) is 5.63. The Morgan fingerprint density at radius 3 is 2.50 bits per heavy atom. The molecule has 0 bridgehead atoms. The van der Waals surface area contributed by atoms with Crippen molar-refractivity contribution < 1.29 is 22.7 Å². The molecule has 0 spiro atoms. The van der Waals surface area contributed by atoms with Gasteiger partial charge in [-0.25, -0.2) is 17.5 Å². The highest BCUT2D eigenvalue weighted by Crippen LogP contribution is 2.19. The Labute approximate surface area is 105 Å². The van der Waals surface area contributed by atoms with Gasteiger partial charge in [-0.2, -0.15) is 0 Å². The number of hydrogen-bond donors (Lipinski definition) is 0. The smallest absolute Gasteiger partial charge is 0.339 e. The summed E-state index contributed by atoms with van der Waals surface area (Å²) in [5.74, 6) is -0.767. The first-order valence-electron chi connectivity index (χ1n) is 5.13. The van der Waals surface area contributed by atoms with Gasteiger partial charge in [0.05, 0.1) is 12.7 Å². The molecule has 0 heterocycles. The van der Waals surface area contributed by atoms with Gasteiger partial charge in [-0.3, -0.25) is 4.79 Å². The first-order valence-corrected chi connectivity index (χ1v) is 6.57. The van der Waals surface area contributed by atoms with E-state index in [1.54, 1.807) is 0 Å².